The maximum atomic E-state index is 12.7. The number of benzene rings is 2. The number of anilines is 1. The van der Waals surface area contributed by atoms with Crippen LogP contribution in [-0.4, -0.2) is 48.1 Å². The fraction of sp³-hybridized carbons (Fsp3) is 0.318. The Bertz CT molecular complexity index is 957. The summed E-state index contributed by atoms with van der Waals surface area (Å²) in [6, 6.07) is 15.3. The normalized spacial score (nSPS) is 15.1. The van der Waals surface area contributed by atoms with E-state index in [0.717, 1.165) is 60.6 Å². The van der Waals surface area contributed by atoms with E-state index in [0.29, 0.717) is 6.42 Å². The largest absolute Gasteiger partial charge is 0.379 e. The van der Waals surface area contributed by atoms with Gasteiger partial charge in [-0.3, -0.25) is 9.69 Å². The standard InChI is InChI=1S/C22H26N4O2.2ClH/c23-19(13-17-14-24-21-8-4-2-6-18(17)21)22(27)25-20-7-3-1-5-16(20)15-26-9-11-28-12-10-26;;/h1-8,14,19,24H,9-13,15,23H2,(H,25,27);2*1H/t19-;;/m0../s1. The molecule has 1 atom stereocenters. The van der Waals surface area contributed by atoms with E-state index in [1.54, 1.807) is 0 Å². The van der Waals surface area contributed by atoms with Crippen LogP contribution in [0.2, 0.25) is 0 Å². The van der Waals surface area contributed by atoms with Crippen LogP contribution in [-0.2, 0) is 22.5 Å². The van der Waals surface area contributed by atoms with Gasteiger partial charge < -0.3 is 20.8 Å². The highest BCUT2D eigenvalue weighted by atomic mass is 35.5. The average molecular weight is 451 g/mol. The number of morpholine rings is 1. The first kappa shape index (κ1) is 24.2. The number of hydrogen-bond donors (Lipinski definition) is 3. The van der Waals surface area contributed by atoms with E-state index in [1.165, 1.54) is 0 Å². The molecule has 1 aliphatic rings. The maximum Gasteiger partial charge on any atom is 0.241 e. The van der Waals surface area contributed by atoms with Crippen LogP contribution in [0, 0.1) is 0 Å². The van der Waals surface area contributed by atoms with Gasteiger partial charge in [0.25, 0.3) is 0 Å². The number of aromatic amines is 1. The average Bonchev–Trinajstić information content (AvgIpc) is 3.13. The molecular formula is C22H28Cl2N4O2. The van der Waals surface area contributed by atoms with E-state index >= 15 is 0 Å². The van der Waals surface area contributed by atoms with Gasteiger partial charge in [-0.2, -0.15) is 0 Å². The summed E-state index contributed by atoms with van der Waals surface area (Å²) in [5.74, 6) is -0.167. The summed E-state index contributed by atoms with van der Waals surface area (Å²) in [5, 5.41) is 4.14. The molecule has 0 saturated carbocycles. The molecule has 1 aromatic heterocycles. The molecule has 1 fully saturated rings. The molecule has 4 rings (SSSR count). The van der Waals surface area contributed by atoms with Crippen LogP contribution in [0.25, 0.3) is 10.9 Å². The van der Waals surface area contributed by atoms with E-state index in [2.05, 4.69) is 21.3 Å². The van der Waals surface area contributed by atoms with Gasteiger partial charge >= 0.3 is 0 Å². The van der Waals surface area contributed by atoms with Crippen LogP contribution < -0.4 is 11.1 Å². The van der Waals surface area contributed by atoms with Gasteiger partial charge in [-0.25, -0.2) is 0 Å². The molecule has 162 valence electrons. The van der Waals surface area contributed by atoms with Crippen molar-refractivity contribution < 1.29 is 9.53 Å². The molecule has 0 bridgehead atoms. The predicted octanol–water partition coefficient (Wildman–Crippen LogP) is 3.35. The lowest BCUT2D eigenvalue weighted by Crippen LogP contribution is -2.38. The lowest BCUT2D eigenvalue weighted by molar-refractivity contribution is -0.117. The number of ether oxygens (including phenoxy) is 1. The van der Waals surface area contributed by atoms with Crippen molar-refractivity contribution in [1.29, 1.82) is 0 Å². The van der Waals surface area contributed by atoms with Crippen molar-refractivity contribution >= 4 is 47.3 Å². The van der Waals surface area contributed by atoms with E-state index in [4.69, 9.17) is 10.5 Å². The van der Waals surface area contributed by atoms with Crippen molar-refractivity contribution in [3.8, 4) is 0 Å². The Kier molecular flexibility index (Phi) is 9.14. The molecular weight excluding hydrogens is 423 g/mol. The molecule has 6 nitrogen and oxygen atoms in total. The Balaban J connectivity index is 0.00000160. The third kappa shape index (κ3) is 5.74. The zero-order chi connectivity index (χ0) is 19.3. The summed E-state index contributed by atoms with van der Waals surface area (Å²) in [5.41, 5.74) is 10.3. The number of para-hydroxylation sites is 2. The monoisotopic (exact) mass is 450 g/mol. The quantitative estimate of drug-likeness (QED) is 0.537. The lowest BCUT2D eigenvalue weighted by atomic mass is 10.0. The zero-order valence-corrected chi connectivity index (χ0v) is 18.3. The first-order chi connectivity index (χ1) is 13.7. The third-order valence-corrected chi connectivity index (χ3v) is 5.22. The van der Waals surface area contributed by atoms with Crippen LogP contribution in [0.5, 0.6) is 0 Å². The van der Waals surface area contributed by atoms with Crippen LogP contribution in [0.1, 0.15) is 11.1 Å². The van der Waals surface area contributed by atoms with E-state index < -0.39 is 6.04 Å². The number of fused-ring (bicyclic) bond motifs is 1. The minimum Gasteiger partial charge on any atom is -0.379 e. The number of carbonyl (C=O) groups is 1. The summed E-state index contributed by atoms with van der Waals surface area (Å²) >= 11 is 0. The number of halogens is 2. The molecule has 4 N–H and O–H groups in total. The van der Waals surface area contributed by atoms with E-state index in [-0.39, 0.29) is 30.7 Å². The molecule has 0 unspecified atom stereocenters. The summed E-state index contributed by atoms with van der Waals surface area (Å²) < 4.78 is 5.41. The highest BCUT2D eigenvalue weighted by Gasteiger charge is 2.18. The van der Waals surface area contributed by atoms with Crippen LogP contribution >= 0.6 is 24.8 Å². The third-order valence-electron chi connectivity index (χ3n) is 5.22. The van der Waals surface area contributed by atoms with Gasteiger partial charge in [0, 0.05) is 42.4 Å². The second kappa shape index (κ2) is 11.3. The maximum absolute atomic E-state index is 12.7. The Morgan fingerprint density at radius 1 is 1.07 bits per heavy atom. The first-order valence-corrected chi connectivity index (χ1v) is 9.70. The minimum absolute atomic E-state index is 0. The topological polar surface area (TPSA) is 83.4 Å². The fourth-order valence-corrected chi connectivity index (χ4v) is 3.64. The number of nitrogens with two attached hydrogens (primary N) is 1. The molecule has 2 heterocycles. The Morgan fingerprint density at radius 3 is 2.57 bits per heavy atom. The van der Waals surface area contributed by atoms with Gasteiger partial charge in [-0.05, 0) is 29.7 Å². The predicted molar refractivity (Wildman–Crippen MR) is 126 cm³/mol. The molecule has 1 amide bonds. The Morgan fingerprint density at radius 2 is 1.77 bits per heavy atom. The smallest absolute Gasteiger partial charge is 0.241 e. The van der Waals surface area contributed by atoms with Crippen molar-refractivity contribution in [1.82, 2.24) is 9.88 Å². The molecule has 8 heteroatoms. The molecule has 3 aromatic rings. The molecule has 0 radical (unpaired) electrons. The molecule has 0 spiro atoms. The highest BCUT2D eigenvalue weighted by molar-refractivity contribution is 5.96. The number of nitrogens with zero attached hydrogens (tertiary/aromatic N) is 1. The van der Waals surface area contributed by atoms with Gasteiger partial charge in [0.2, 0.25) is 5.91 Å². The number of rotatable bonds is 6. The van der Waals surface area contributed by atoms with Gasteiger partial charge in [0.1, 0.15) is 0 Å². The molecule has 30 heavy (non-hydrogen) atoms. The van der Waals surface area contributed by atoms with Crippen molar-refractivity contribution in [3.63, 3.8) is 0 Å². The lowest BCUT2D eigenvalue weighted by Gasteiger charge is -2.27. The van der Waals surface area contributed by atoms with Gasteiger partial charge in [-0.1, -0.05) is 36.4 Å². The Labute approximate surface area is 189 Å². The summed E-state index contributed by atoms with van der Waals surface area (Å²) in [7, 11) is 0. The molecule has 0 aliphatic carbocycles. The van der Waals surface area contributed by atoms with Crippen molar-refractivity contribution in [3.05, 3.63) is 65.9 Å². The van der Waals surface area contributed by atoms with Crippen LogP contribution in [0.3, 0.4) is 0 Å². The summed E-state index contributed by atoms with van der Waals surface area (Å²) in [6.45, 7) is 4.11. The summed E-state index contributed by atoms with van der Waals surface area (Å²) in [6.07, 6.45) is 2.42. The van der Waals surface area contributed by atoms with E-state index in [1.807, 2.05) is 48.7 Å². The van der Waals surface area contributed by atoms with Gasteiger partial charge in [0.15, 0.2) is 0 Å². The SMILES string of the molecule is Cl.Cl.N[C@@H](Cc1c[nH]c2ccccc12)C(=O)Nc1ccccc1CN1CCOCC1. The number of carbonyl (C=O) groups excluding carboxylic acids is 1. The van der Waals surface area contributed by atoms with Gasteiger partial charge in [-0.15, -0.1) is 24.8 Å². The zero-order valence-electron chi connectivity index (χ0n) is 16.7. The number of aromatic nitrogens is 1. The van der Waals surface area contributed by atoms with Gasteiger partial charge in [0.05, 0.1) is 19.3 Å². The van der Waals surface area contributed by atoms with Crippen molar-refractivity contribution in [2.24, 2.45) is 5.73 Å². The number of amides is 1. The minimum atomic E-state index is -0.615. The second-order valence-corrected chi connectivity index (χ2v) is 7.21. The highest BCUT2D eigenvalue weighted by Crippen LogP contribution is 2.21. The molecule has 1 aliphatic heterocycles. The Hall–Kier alpha value is -2.09. The van der Waals surface area contributed by atoms with Crippen molar-refractivity contribution in [2.45, 2.75) is 19.0 Å². The van der Waals surface area contributed by atoms with E-state index in [9.17, 15) is 4.79 Å². The van der Waals surface area contributed by atoms with Crippen molar-refractivity contribution in [2.75, 3.05) is 31.6 Å². The first-order valence-electron chi connectivity index (χ1n) is 9.70. The van der Waals surface area contributed by atoms with Crippen LogP contribution in [0.4, 0.5) is 5.69 Å². The number of nitrogens with one attached hydrogen (secondary N) is 2. The molecule has 2 aromatic carbocycles. The number of H-pyrrole nitrogens is 1. The number of hydrogen-bond acceptors (Lipinski definition) is 4. The fourth-order valence-electron chi connectivity index (χ4n) is 3.64. The van der Waals surface area contributed by atoms with Crippen LogP contribution in [0.15, 0.2) is 54.7 Å². The summed E-state index contributed by atoms with van der Waals surface area (Å²) in [4.78, 5) is 18.3. The second-order valence-electron chi connectivity index (χ2n) is 7.21. The molecule has 1 saturated heterocycles.